The molecule has 6 nitrogen and oxygen atoms in total. The van der Waals surface area contributed by atoms with Gasteiger partial charge in [-0.2, -0.15) is 0 Å². The number of aromatic nitrogens is 3. The van der Waals surface area contributed by atoms with Crippen molar-refractivity contribution < 1.29 is 9.22 Å². The third kappa shape index (κ3) is 6.03. The van der Waals surface area contributed by atoms with Crippen LogP contribution >= 0.6 is 0 Å². The van der Waals surface area contributed by atoms with E-state index in [4.69, 9.17) is 4.43 Å². The van der Waals surface area contributed by atoms with E-state index in [2.05, 4.69) is 66.9 Å². The Kier molecular flexibility index (Phi) is 7.77. The summed E-state index contributed by atoms with van der Waals surface area (Å²) in [6.07, 6.45) is 5.38. The molecule has 3 aromatic rings. The molecular weight excluding hydrogens is 452 g/mol. The Morgan fingerprint density at radius 2 is 1.77 bits per heavy atom. The third-order valence-corrected chi connectivity index (χ3v) is 9.06. The minimum Gasteiger partial charge on any atom is -0.332 e. The van der Waals surface area contributed by atoms with Crippen molar-refractivity contribution in [1.82, 2.24) is 19.9 Å². The first kappa shape index (κ1) is 25.2. The molecular formula is C28H35N4O2Si+. The maximum absolute atomic E-state index is 14.0. The zero-order chi connectivity index (χ0) is 25.0. The van der Waals surface area contributed by atoms with Crippen LogP contribution in [0.25, 0.3) is 11.4 Å². The van der Waals surface area contributed by atoms with Crippen molar-refractivity contribution in [2.45, 2.75) is 58.5 Å². The Bertz CT molecular complexity index is 1130. The molecule has 3 heterocycles. The molecule has 0 spiro atoms. The maximum atomic E-state index is 14.0. The predicted octanol–water partition coefficient (Wildman–Crippen LogP) is 4.80. The van der Waals surface area contributed by atoms with Crippen LogP contribution in [0.4, 0.5) is 0 Å². The maximum Gasteiger partial charge on any atom is 0.517 e. The largest absolute Gasteiger partial charge is 0.517 e. The van der Waals surface area contributed by atoms with Crippen molar-refractivity contribution in [2.24, 2.45) is 5.92 Å². The van der Waals surface area contributed by atoms with Gasteiger partial charge in [-0.3, -0.25) is 4.79 Å². The van der Waals surface area contributed by atoms with Crippen molar-refractivity contribution in [3.63, 3.8) is 0 Å². The summed E-state index contributed by atoms with van der Waals surface area (Å²) < 4.78 is 6.69. The summed E-state index contributed by atoms with van der Waals surface area (Å²) in [6, 6.07) is 16.1. The first-order valence-electron chi connectivity index (χ1n) is 12.4. The molecule has 1 fully saturated rings. The van der Waals surface area contributed by atoms with Gasteiger partial charge in [0, 0.05) is 24.6 Å². The van der Waals surface area contributed by atoms with Gasteiger partial charge in [0.25, 0.3) is 5.91 Å². The van der Waals surface area contributed by atoms with E-state index in [-0.39, 0.29) is 17.0 Å². The molecule has 0 saturated carbocycles. The number of carbonyl (C=O) groups is 1. The van der Waals surface area contributed by atoms with Crippen molar-refractivity contribution >= 4 is 20.1 Å². The normalized spacial score (nSPS) is 18.4. The van der Waals surface area contributed by atoms with E-state index >= 15 is 0 Å². The van der Waals surface area contributed by atoms with Crippen LogP contribution in [-0.2, 0) is 4.43 Å². The lowest BCUT2D eigenvalue weighted by atomic mass is 9.94. The molecule has 0 aliphatic carbocycles. The Labute approximate surface area is 210 Å². The van der Waals surface area contributed by atoms with E-state index in [1.165, 1.54) is 5.19 Å². The Hall–Kier alpha value is -2.90. The number of aryl methyl sites for hydroxylation is 1. The highest BCUT2D eigenvalue weighted by Gasteiger charge is 2.47. The second-order valence-electron chi connectivity index (χ2n) is 10.5. The van der Waals surface area contributed by atoms with Gasteiger partial charge < -0.3 is 4.90 Å². The Morgan fingerprint density at radius 3 is 2.46 bits per heavy atom. The number of amides is 1. The standard InChI is InChI=1S/C28H35N4O2Si/c1-20-12-14-22(19-34-35(28(3,4)5)23-10-7-6-8-11-23)32(18-20)27(33)25-24(15-13-21(2)31-25)26-29-16-9-17-30-26/h6-11,13,15-17,20,22H,12,14,18-19H2,1-5H3/q+1/t20-,22-/m0/s1. The molecule has 2 atom stereocenters. The van der Waals surface area contributed by atoms with Crippen molar-refractivity contribution in [3.8, 4) is 11.4 Å². The highest BCUT2D eigenvalue weighted by atomic mass is 28.3. The number of pyridine rings is 1. The van der Waals surface area contributed by atoms with E-state index < -0.39 is 9.04 Å². The van der Waals surface area contributed by atoms with Crippen molar-refractivity contribution in [3.05, 3.63) is 72.3 Å². The van der Waals surface area contributed by atoms with Gasteiger partial charge in [0.15, 0.2) is 5.82 Å². The number of nitrogens with zero attached hydrogens (tertiary/aromatic N) is 4. The second-order valence-corrected chi connectivity index (χ2v) is 13.5. The van der Waals surface area contributed by atoms with E-state index in [1.54, 1.807) is 18.5 Å². The lowest BCUT2D eigenvalue weighted by molar-refractivity contribution is 0.0439. The zero-order valence-corrected chi connectivity index (χ0v) is 22.4. The summed E-state index contributed by atoms with van der Waals surface area (Å²) in [7, 11) is -1.29. The molecule has 4 rings (SSSR count). The number of rotatable bonds is 6. The van der Waals surface area contributed by atoms with Gasteiger partial charge in [-0.1, -0.05) is 25.1 Å². The van der Waals surface area contributed by atoms with Gasteiger partial charge in [0.1, 0.15) is 22.5 Å². The molecule has 182 valence electrons. The number of carbonyl (C=O) groups excluding carboxylic acids is 1. The molecule has 1 amide bonds. The van der Waals surface area contributed by atoms with Gasteiger partial charge in [0.2, 0.25) is 0 Å². The minimum atomic E-state index is -1.29. The van der Waals surface area contributed by atoms with Crippen molar-refractivity contribution in [2.75, 3.05) is 13.2 Å². The van der Waals surface area contributed by atoms with Crippen LogP contribution in [0, 0.1) is 12.8 Å². The highest BCUT2D eigenvalue weighted by Crippen LogP contribution is 2.30. The highest BCUT2D eigenvalue weighted by molar-refractivity contribution is 6.70. The summed E-state index contributed by atoms with van der Waals surface area (Å²) in [5, 5.41) is 1.29. The average molecular weight is 488 g/mol. The smallest absolute Gasteiger partial charge is 0.332 e. The van der Waals surface area contributed by atoms with E-state index in [0.29, 0.717) is 36.2 Å². The van der Waals surface area contributed by atoms with Gasteiger partial charge in [0.05, 0.1) is 11.6 Å². The lowest BCUT2D eigenvalue weighted by Gasteiger charge is -2.38. The predicted molar refractivity (Wildman–Crippen MR) is 141 cm³/mol. The van der Waals surface area contributed by atoms with E-state index in [0.717, 1.165) is 18.5 Å². The third-order valence-electron chi connectivity index (χ3n) is 6.38. The molecule has 0 bridgehead atoms. The van der Waals surface area contributed by atoms with Gasteiger partial charge in [-0.25, -0.2) is 19.4 Å². The number of piperidine rings is 1. The van der Waals surface area contributed by atoms with E-state index in [9.17, 15) is 4.79 Å². The van der Waals surface area contributed by atoms with Crippen molar-refractivity contribution in [1.29, 1.82) is 0 Å². The van der Waals surface area contributed by atoms with E-state index in [1.807, 2.05) is 30.0 Å². The SMILES string of the molecule is Cc1ccc(-c2ncccn2)c(C(=O)N2C[C@@H](C)CC[C@H]2CO[Si+](c2ccccc2)C(C)(C)C)n1. The number of likely N-dealkylation sites (tertiary alicyclic amines) is 1. The lowest BCUT2D eigenvalue weighted by Crippen LogP contribution is -2.51. The van der Waals surface area contributed by atoms with Crippen LogP contribution in [0.15, 0.2) is 60.9 Å². The molecule has 1 aliphatic heterocycles. The average Bonchev–Trinajstić information content (AvgIpc) is 2.85. The molecule has 35 heavy (non-hydrogen) atoms. The van der Waals surface area contributed by atoms with Gasteiger partial charge in [-0.05, 0) is 76.8 Å². The van der Waals surface area contributed by atoms with Crippen LogP contribution in [0.2, 0.25) is 5.04 Å². The first-order valence-corrected chi connectivity index (χ1v) is 13.8. The molecule has 1 aliphatic rings. The fraction of sp³-hybridized carbons (Fsp3) is 0.429. The van der Waals surface area contributed by atoms with Crippen LogP contribution in [0.5, 0.6) is 0 Å². The van der Waals surface area contributed by atoms with Crippen LogP contribution in [-0.4, -0.2) is 54.0 Å². The molecule has 7 heteroatoms. The molecule has 1 saturated heterocycles. The quantitative estimate of drug-likeness (QED) is 0.467. The summed E-state index contributed by atoms with van der Waals surface area (Å²) in [4.78, 5) is 29.4. The minimum absolute atomic E-state index is 0.0108. The number of benzene rings is 1. The van der Waals surface area contributed by atoms with Crippen LogP contribution < -0.4 is 5.19 Å². The first-order chi connectivity index (χ1) is 16.7. The van der Waals surface area contributed by atoms with Gasteiger partial charge in [-0.15, -0.1) is 0 Å². The second kappa shape index (κ2) is 10.8. The molecule has 0 unspecified atom stereocenters. The topological polar surface area (TPSA) is 68.2 Å². The van der Waals surface area contributed by atoms with Crippen LogP contribution in [0.3, 0.4) is 0 Å². The summed E-state index contributed by atoms with van der Waals surface area (Å²) in [6.45, 7) is 12.1. The van der Waals surface area contributed by atoms with Gasteiger partial charge >= 0.3 is 9.04 Å². The summed E-state index contributed by atoms with van der Waals surface area (Å²) in [5.74, 6) is 0.877. The molecule has 0 radical (unpaired) electrons. The fourth-order valence-electron chi connectivity index (χ4n) is 4.61. The monoisotopic (exact) mass is 487 g/mol. The fourth-order valence-corrected chi connectivity index (χ4v) is 6.93. The van der Waals surface area contributed by atoms with Crippen LogP contribution in [0.1, 0.15) is 56.7 Å². The molecule has 0 N–H and O–H groups in total. The summed E-state index contributed by atoms with van der Waals surface area (Å²) >= 11 is 0. The number of hydrogen-bond acceptors (Lipinski definition) is 5. The number of hydrogen-bond donors (Lipinski definition) is 0. The molecule has 2 aromatic heterocycles. The molecule has 1 aromatic carbocycles. The zero-order valence-electron chi connectivity index (χ0n) is 21.4. The Morgan fingerprint density at radius 1 is 1.06 bits per heavy atom. The Balaban J connectivity index is 1.61. The summed E-state index contributed by atoms with van der Waals surface area (Å²) in [5.41, 5.74) is 1.88.